The van der Waals surface area contributed by atoms with E-state index in [-0.39, 0.29) is 11.4 Å². The number of hydrogen-bond acceptors (Lipinski definition) is 5. The molecule has 0 aromatic carbocycles. The third-order valence-corrected chi connectivity index (χ3v) is 2.78. The van der Waals surface area contributed by atoms with Crippen LogP contribution in [0.15, 0.2) is 24.4 Å². The van der Waals surface area contributed by atoms with E-state index in [2.05, 4.69) is 16.0 Å². The van der Waals surface area contributed by atoms with Crippen molar-refractivity contribution in [3.05, 3.63) is 41.3 Å². The summed E-state index contributed by atoms with van der Waals surface area (Å²) in [4.78, 5) is 8.21. The maximum absolute atomic E-state index is 9.23. The van der Waals surface area contributed by atoms with Crippen molar-refractivity contribution < 1.29 is 0 Å². The third kappa shape index (κ3) is 1.33. The van der Waals surface area contributed by atoms with Gasteiger partial charge in [-0.3, -0.25) is 4.40 Å². The summed E-state index contributed by atoms with van der Waals surface area (Å²) < 4.78 is 1.68. The maximum Gasteiger partial charge on any atom is 0.179 e. The SMILES string of the molecule is N#Cc1nc2c(C#N)c3ccccn3c2nc1C#N. The highest BCUT2D eigenvalue weighted by molar-refractivity contribution is 5.90. The summed E-state index contributed by atoms with van der Waals surface area (Å²) in [5, 5.41) is 27.2. The van der Waals surface area contributed by atoms with E-state index in [9.17, 15) is 5.26 Å². The molecule has 3 aromatic heterocycles. The van der Waals surface area contributed by atoms with Crippen molar-refractivity contribution >= 4 is 16.7 Å². The summed E-state index contributed by atoms with van der Waals surface area (Å²) in [5.41, 5.74) is 1.64. The lowest BCUT2D eigenvalue weighted by Crippen LogP contribution is -1.96. The quantitative estimate of drug-likeness (QED) is 0.596. The monoisotopic (exact) mass is 244 g/mol. The molecule has 0 fully saturated rings. The summed E-state index contributed by atoms with van der Waals surface area (Å²) in [6.45, 7) is 0. The van der Waals surface area contributed by atoms with Crippen molar-refractivity contribution in [3.63, 3.8) is 0 Å². The topological polar surface area (TPSA) is 102 Å². The minimum atomic E-state index is -0.0672. The highest BCUT2D eigenvalue weighted by Crippen LogP contribution is 2.23. The van der Waals surface area contributed by atoms with Crippen LogP contribution in [0.25, 0.3) is 16.7 Å². The predicted molar refractivity (Wildman–Crippen MR) is 64.6 cm³/mol. The second-order valence-electron chi connectivity index (χ2n) is 3.76. The molecule has 0 radical (unpaired) electrons. The molecule has 0 unspecified atom stereocenters. The average molecular weight is 244 g/mol. The zero-order valence-electron chi connectivity index (χ0n) is 9.49. The molecule has 0 spiro atoms. The molecular weight excluding hydrogens is 240 g/mol. The van der Waals surface area contributed by atoms with Gasteiger partial charge in [-0.1, -0.05) is 6.07 Å². The fraction of sp³-hybridized carbons (Fsp3) is 0. The van der Waals surface area contributed by atoms with E-state index >= 15 is 0 Å². The van der Waals surface area contributed by atoms with Crippen LogP contribution in [-0.2, 0) is 0 Å². The third-order valence-electron chi connectivity index (χ3n) is 2.78. The zero-order chi connectivity index (χ0) is 13.4. The van der Waals surface area contributed by atoms with Crippen LogP contribution in [0.5, 0.6) is 0 Å². The molecule has 6 heteroatoms. The van der Waals surface area contributed by atoms with Crippen LogP contribution in [0, 0.1) is 34.0 Å². The molecule has 6 nitrogen and oxygen atoms in total. The second kappa shape index (κ2) is 3.80. The maximum atomic E-state index is 9.23. The normalized spacial score (nSPS) is 9.95. The number of fused-ring (bicyclic) bond motifs is 3. The van der Waals surface area contributed by atoms with Gasteiger partial charge in [0, 0.05) is 6.20 Å². The predicted octanol–water partition coefficient (Wildman–Crippen LogP) is 1.50. The number of aromatic nitrogens is 3. The summed E-state index contributed by atoms with van der Waals surface area (Å²) in [5.74, 6) is 0. The first-order valence-corrected chi connectivity index (χ1v) is 5.31. The molecule has 0 aliphatic rings. The highest BCUT2D eigenvalue weighted by atomic mass is 15.0. The van der Waals surface area contributed by atoms with Gasteiger partial charge < -0.3 is 0 Å². The minimum Gasteiger partial charge on any atom is -0.299 e. The Labute approximate surface area is 107 Å². The van der Waals surface area contributed by atoms with Gasteiger partial charge in [0.1, 0.15) is 29.3 Å². The van der Waals surface area contributed by atoms with Gasteiger partial charge in [0.15, 0.2) is 17.0 Å². The zero-order valence-corrected chi connectivity index (χ0v) is 9.49. The van der Waals surface area contributed by atoms with E-state index < -0.39 is 0 Å². The first kappa shape index (κ1) is 10.7. The Morgan fingerprint density at radius 3 is 2.37 bits per heavy atom. The number of rotatable bonds is 0. The molecule has 0 aliphatic heterocycles. The fourth-order valence-electron chi connectivity index (χ4n) is 1.98. The molecule has 0 saturated carbocycles. The molecule has 19 heavy (non-hydrogen) atoms. The van der Waals surface area contributed by atoms with E-state index in [0.717, 1.165) is 0 Å². The summed E-state index contributed by atoms with van der Waals surface area (Å²) in [6.07, 6.45) is 1.74. The summed E-state index contributed by atoms with van der Waals surface area (Å²) in [6, 6.07) is 11.1. The van der Waals surface area contributed by atoms with Gasteiger partial charge in [-0.25, -0.2) is 9.97 Å². The lowest BCUT2D eigenvalue weighted by molar-refractivity contribution is 1.14. The Balaban J connectivity index is 2.62. The molecule has 0 bridgehead atoms. The lowest BCUT2D eigenvalue weighted by Gasteiger charge is -1.96. The van der Waals surface area contributed by atoms with Crippen LogP contribution in [0.3, 0.4) is 0 Å². The van der Waals surface area contributed by atoms with E-state index in [1.54, 1.807) is 28.8 Å². The van der Waals surface area contributed by atoms with E-state index in [1.807, 2.05) is 12.1 Å². The van der Waals surface area contributed by atoms with Gasteiger partial charge >= 0.3 is 0 Å². The lowest BCUT2D eigenvalue weighted by atomic mass is 10.2. The molecule has 86 valence electrons. The van der Waals surface area contributed by atoms with Gasteiger partial charge in [-0.15, -0.1) is 0 Å². The van der Waals surface area contributed by atoms with Crippen molar-refractivity contribution in [2.45, 2.75) is 0 Å². The molecule has 0 amide bonds. The fourth-order valence-corrected chi connectivity index (χ4v) is 1.98. The van der Waals surface area contributed by atoms with Gasteiger partial charge in [0.25, 0.3) is 0 Å². The molecule has 0 atom stereocenters. The minimum absolute atomic E-state index is 0.0391. The van der Waals surface area contributed by atoms with Crippen molar-refractivity contribution in [3.8, 4) is 18.2 Å². The number of nitrogens with zero attached hydrogens (tertiary/aromatic N) is 6. The molecule has 3 aromatic rings. The van der Waals surface area contributed by atoms with E-state index in [4.69, 9.17) is 10.5 Å². The van der Waals surface area contributed by atoms with Crippen molar-refractivity contribution in [1.82, 2.24) is 14.4 Å². The Kier molecular flexibility index (Phi) is 2.14. The van der Waals surface area contributed by atoms with E-state index in [0.29, 0.717) is 22.2 Å². The van der Waals surface area contributed by atoms with Crippen molar-refractivity contribution in [2.24, 2.45) is 0 Å². The largest absolute Gasteiger partial charge is 0.299 e. The van der Waals surface area contributed by atoms with Crippen LogP contribution >= 0.6 is 0 Å². The van der Waals surface area contributed by atoms with Crippen LogP contribution in [0.1, 0.15) is 17.0 Å². The van der Waals surface area contributed by atoms with E-state index in [1.165, 1.54) is 0 Å². The number of pyridine rings is 1. The standard InChI is InChI=1S/C13H4N6/c14-5-8-11-3-1-2-4-19(11)13-12(8)17-9(6-15)10(7-16)18-13/h1-4H. The van der Waals surface area contributed by atoms with Gasteiger partial charge in [0.2, 0.25) is 0 Å². The van der Waals surface area contributed by atoms with Crippen LogP contribution in [-0.4, -0.2) is 14.4 Å². The molecule has 3 rings (SSSR count). The Morgan fingerprint density at radius 1 is 0.947 bits per heavy atom. The molecule has 0 saturated heterocycles. The smallest absolute Gasteiger partial charge is 0.179 e. The molecule has 0 aliphatic carbocycles. The Bertz CT molecular complexity index is 946. The summed E-state index contributed by atoms with van der Waals surface area (Å²) in [7, 11) is 0. The average Bonchev–Trinajstić information content (AvgIpc) is 2.78. The van der Waals surface area contributed by atoms with Crippen molar-refractivity contribution in [2.75, 3.05) is 0 Å². The van der Waals surface area contributed by atoms with Crippen molar-refractivity contribution in [1.29, 1.82) is 15.8 Å². The number of nitriles is 3. The van der Waals surface area contributed by atoms with Gasteiger partial charge in [0.05, 0.1) is 5.52 Å². The van der Waals surface area contributed by atoms with Crippen LogP contribution < -0.4 is 0 Å². The first-order chi connectivity index (χ1) is 9.30. The van der Waals surface area contributed by atoms with Crippen LogP contribution in [0.4, 0.5) is 0 Å². The Morgan fingerprint density at radius 2 is 1.68 bits per heavy atom. The molecule has 3 heterocycles. The molecule has 0 N–H and O–H groups in total. The number of hydrogen-bond donors (Lipinski definition) is 0. The second-order valence-corrected chi connectivity index (χ2v) is 3.76. The first-order valence-electron chi connectivity index (χ1n) is 5.31. The summed E-state index contributed by atoms with van der Waals surface area (Å²) >= 11 is 0. The highest BCUT2D eigenvalue weighted by Gasteiger charge is 2.17. The molecular formula is C13H4N6. The van der Waals surface area contributed by atoms with Gasteiger partial charge in [-0.2, -0.15) is 15.8 Å². The van der Waals surface area contributed by atoms with Crippen LogP contribution in [0.2, 0.25) is 0 Å². The van der Waals surface area contributed by atoms with Gasteiger partial charge in [-0.05, 0) is 12.1 Å². The Hall–Kier alpha value is -3.43.